The Bertz CT molecular complexity index is 602. The van der Waals surface area contributed by atoms with Crippen LogP contribution in [0.15, 0.2) is 18.2 Å². The van der Waals surface area contributed by atoms with Crippen LogP contribution in [0.2, 0.25) is 0 Å². The number of anilines is 1. The van der Waals surface area contributed by atoms with E-state index in [4.69, 9.17) is 20.5 Å². The molecule has 6 nitrogen and oxygen atoms in total. The molecule has 1 fully saturated rings. The fourth-order valence-electron chi connectivity index (χ4n) is 2.21. The number of nitriles is 1. The Balaban J connectivity index is 2.11. The molecule has 1 aromatic carbocycles. The minimum Gasteiger partial charge on any atom is -0.444 e. The quantitative estimate of drug-likeness (QED) is 0.805. The van der Waals surface area contributed by atoms with E-state index in [0.29, 0.717) is 30.9 Å². The van der Waals surface area contributed by atoms with E-state index in [2.05, 4.69) is 6.07 Å². The molecular weight excluding hydrogens is 282 g/mol. The van der Waals surface area contributed by atoms with Gasteiger partial charge in [0, 0.05) is 12.2 Å². The van der Waals surface area contributed by atoms with Crippen LogP contribution in [0.3, 0.4) is 0 Å². The average Bonchev–Trinajstić information content (AvgIpc) is 2.46. The van der Waals surface area contributed by atoms with Crippen molar-refractivity contribution in [2.45, 2.75) is 32.5 Å². The van der Waals surface area contributed by atoms with Gasteiger partial charge in [-0.2, -0.15) is 5.26 Å². The van der Waals surface area contributed by atoms with Crippen molar-refractivity contribution in [3.05, 3.63) is 29.3 Å². The Morgan fingerprint density at radius 1 is 1.50 bits per heavy atom. The van der Waals surface area contributed by atoms with Crippen LogP contribution in [0.25, 0.3) is 0 Å². The molecule has 1 heterocycles. The summed E-state index contributed by atoms with van der Waals surface area (Å²) in [6.45, 7) is 6.82. The van der Waals surface area contributed by atoms with Gasteiger partial charge in [-0.25, -0.2) is 4.79 Å². The summed E-state index contributed by atoms with van der Waals surface area (Å²) in [7, 11) is 0. The van der Waals surface area contributed by atoms with Gasteiger partial charge in [-0.05, 0) is 38.5 Å². The van der Waals surface area contributed by atoms with Crippen molar-refractivity contribution in [1.82, 2.24) is 4.90 Å². The third-order valence-electron chi connectivity index (χ3n) is 3.29. The predicted molar refractivity (Wildman–Crippen MR) is 82.1 cm³/mol. The maximum atomic E-state index is 12.1. The SMILES string of the molecule is CC(C)(C)OC(=O)N1CCOC(c2ccc(N)c(C#N)c2)C1. The first kappa shape index (κ1) is 16.1. The molecule has 1 aliphatic heterocycles. The number of nitrogens with two attached hydrogens (primary N) is 1. The van der Waals surface area contributed by atoms with Crippen LogP contribution in [0.4, 0.5) is 10.5 Å². The van der Waals surface area contributed by atoms with Gasteiger partial charge in [0.2, 0.25) is 0 Å². The molecule has 6 heteroatoms. The number of nitrogens with zero attached hydrogens (tertiary/aromatic N) is 2. The molecule has 2 rings (SSSR count). The second-order valence-electron chi connectivity index (χ2n) is 6.24. The number of carbonyl (C=O) groups excluding carboxylic acids is 1. The van der Waals surface area contributed by atoms with E-state index >= 15 is 0 Å². The van der Waals surface area contributed by atoms with Gasteiger partial charge >= 0.3 is 6.09 Å². The molecule has 1 aliphatic rings. The zero-order valence-corrected chi connectivity index (χ0v) is 13.1. The number of nitrogen functional groups attached to an aromatic ring is 1. The monoisotopic (exact) mass is 303 g/mol. The van der Waals surface area contributed by atoms with E-state index in [0.717, 1.165) is 5.56 Å². The van der Waals surface area contributed by atoms with Crippen LogP contribution in [0.1, 0.15) is 38.0 Å². The van der Waals surface area contributed by atoms with E-state index in [9.17, 15) is 4.79 Å². The number of amides is 1. The number of hydrogen-bond donors (Lipinski definition) is 1. The van der Waals surface area contributed by atoms with Crippen molar-refractivity contribution in [2.24, 2.45) is 0 Å². The first-order valence-electron chi connectivity index (χ1n) is 7.19. The third-order valence-corrected chi connectivity index (χ3v) is 3.29. The first-order chi connectivity index (χ1) is 10.3. The minimum absolute atomic E-state index is 0.283. The van der Waals surface area contributed by atoms with E-state index in [1.807, 2.05) is 26.8 Å². The van der Waals surface area contributed by atoms with Gasteiger partial charge in [0.25, 0.3) is 0 Å². The molecule has 118 valence electrons. The van der Waals surface area contributed by atoms with Gasteiger partial charge in [-0.3, -0.25) is 0 Å². The van der Waals surface area contributed by atoms with Gasteiger partial charge in [-0.1, -0.05) is 6.07 Å². The minimum atomic E-state index is -0.528. The van der Waals surface area contributed by atoms with Crippen LogP contribution in [0, 0.1) is 11.3 Å². The molecule has 0 aliphatic carbocycles. The molecular formula is C16H21N3O3. The van der Waals surface area contributed by atoms with E-state index in [-0.39, 0.29) is 12.2 Å². The zero-order valence-electron chi connectivity index (χ0n) is 13.1. The van der Waals surface area contributed by atoms with Crippen molar-refractivity contribution in [3.63, 3.8) is 0 Å². The van der Waals surface area contributed by atoms with Crippen LogP contribution in [0.5, 0.6) is 0 Å². The second kappa shape index (κ2) is 6.24. The highest BCUT2D eigenvalue weighted by atomic mass is 16.6. The fourth-order valence-corrected chi connectivity index (χ4v) is 2.21. The van der Waals surface area contributed by atoms with Gasteiger partial charge in [0.05, 0.1) is 18.7 Å². The van der Waals surface area contributed by atoms with Gasteiger partial charge in [-0.15, -0.1) is 0 Å². The highest BCUT2D eigenvalue weighted by molar-refractivity contribution is 5.68. The van der Waals surface area contributed by atoms with Gasteiger partial charge in [0.1, 0.15) is 17.8 Å². The topological polar surface area (TPSA) is 88.6 Å². The number of morpholine rings is 1. The number of carbonyl (C=O) groups is 1. The molecule has 0 bridgehead atoms. The Hall–Kier alpha value is -2.26. The van der Waals surface area contributed by atoms with Crippen molar-refractivity contribution >= 4 is 11.8 Å². The summed E-state index contributed by atoms with van der Waals surface area (Å²) in [6, 6.07) is 7.26. The number of benzene rings is 1. The van der Waals surface area contributed by atoms with Crippen LogP contribution >= 0.6 is 0 Å². The summed E-state index contributed by atoms with van der Waals surface area (Å²) < 4.78 is 11.1. The molecule has 22 heavy (non-hydrogen) atoms. The van der Waals surface area contributed by atoms with Crippen molar-refractivity contribution in [1.29, 1.82) is 5.26 Å². The molecule has 1 aromatic rings. The standard InChI is InChI=1S/C16H21N3O3/c1-16(2,3)22-15(20)19-6-7-21-14(10-19)11-4-5-13(18)12(8-11)9-17/h4-5,8,14H,6-7,10,18H2,1-3H3. The fraction of sp³-hybridized carbons (Fsp3) is 0.500. The van der Waals surface area contributed by atoms with Crippen molar-refractivity contribution < 1.29 is 14.3 Å². The molecule has 1 atom stereocenters. The summed E-state index contributed by atoms with van der Waals surface area (Å²) in [6.07, 6.45) is -0.634. The Kier molecular flexibility index (Phi) is 4.57. The highest BCUT2D eigenvalue weighted by Crippen LogP contribution is 2.26. The van der Waals surface area contributed by atoms with Crippen LogP contribution < -0.4 is 5.73 Å². The number of ether oxygens (including phenoxy) is 2. The normalized spacial score (nSPS) is 18.6. The zero-order chi connectivity index (χ0) is 16.3. The first-order valence-corrected chi connectivity index (χ1v) is 7.19. The highest BCUT2D eigenvalue weighted by Gasteiger charge is 2.29. The third kappa shape index (κ3) is 3.89. The van der Waals surface area contributed by atoms with Gasteiger partial charge in [0.15, 0.2) is 0 Å². The predicted octanol–water partition coefficient (Wildman–Crippen LogP) is 2.45. The molecule has 1 unspecified atom stereocenters. The molecule has 0 saturated carbocycles. The maximum absolute atomic E-state index is 12.1. The Labute approximate surface area is 130 Å². The largest absolute Gasteiger partial charge is 0.444 e. The average molecular weight is 303 g/mol. The smallest absolute Gasteiger partial charge is 0.410 e. The lowest BCUT2D eigenvalue weighted by Gasteiger charge is -2.34. The summed E-state index contributed by atoms with van der Waals surface area (Å²) in [5, 5.41) is 9.05. The van der Waals surface area contributed by atoms with Crippen molar-refractivity contribution in [3.8, 4) is 6.07 Å². The van der Waals surface area contributed by atoms with Crippen molar-refractivity contribution in [2.75, 3.05) is 25.4 Å². The second-order valence-corrected chi connectivity index (χ2v) is 6.24. The lowest BCUT2D eigenvalue weighted by molar-refractivity contribution is -0.0432. The summed E-state index contributed by atoms with van der Waals surface area (Å²) in [5.74, 6) is 0. The summed E-state index contributed by atoms with van der Waals surface area (Å²) >= 11 is 0. The number of hydrogen-bond acceptors (Lipinski definition) is 5. The van der Waals surface area contributed by atoms with Crippen LogP contribution in [-0.2, 0) is 9.47 Å². The summed E-state index contributed by atoms with van der Waals surface area (Å²) in [4.78, 5) is 13.8. The Morgan fingerprint density at radius 2 is 2.23 bits per heavy atom. The Morgan fingerprint density at radius 3 is 2.86 bits per heavy atom. The molecule has 0 radical (unpaired) electrons. The number of rotatable bonds is 1. The lowest BCUT2D eigenvalue weighted by Crippen LogP contribution is -2.44. The van der Waals surface area contributed by atoms with E-state index in [1.165, 1.54) is 0 Å². The molecule has 1 amide bonds. The molecule has 0 aromatic heterocycles. The van der Waals surface area contributed by atoms with Crippen LogP contribution in [-0.4, -0.2) is 36.3 Å². The molecule has 1 saturated heterocycles. The summed E-state index contributed by atoms with van der Waals surface area (Å²) in [5.41, 5.74) is 6.88. The molecule has 0 spiro atoms. The maximum Gasteiger partial charge on any atom is 0.410 e. The van der Waals surface area contributed by atoms with E-state index in [1.54, 1.807) is 17.0 Å². The van der Waals surface area contributed by atoms with E-state index < -0.39 is 5.60 Å². The van der Waals surface area contributed by atoms with Gasteiger partial charge < -0.3 is 20.1 Å². The lowest BCUT2D eigenvalue weighted by atomic mass is 10.0. The molecule has 2 N–H and O–H groups in total.